The Morgan fingerprint density at radius 1 is 1.14 bits per heavy atom. The van der Waals surface area contributed by atoms with Gasteiger partial charge in [0.15, 0.2) is 5.78 Å². The lowest BCUT2D eigenvalue weighted by atomic mass is 10.1. The molecule has 112 valence electrons. The molecule has 0 aromatic heterocycles. The van der Waals surface area contributed by atoms with Gasteiger partial charge in [0.1, 0.15) is 12.4 Å². The topological polar surface area (TPSA) is 55.4 Å². The molecule has 4 nitrogen and oxygen atoms in total. The predicted octanol–water partition coefficient (Wildman–Crippen LogP) is 3.71. The van der Waals surface area contributed by atoms with Crippen LogP contribution in [0.25, 0.3) is 0 Å². The van der Waals surface area contributed by atoms with E-state index in [0.29, 0.717) is 29.2 Å². The van der Waals surface area contributed by atoms with Crippen LogP contribution in [0.2, 0.25) is 0 Å². The van der Waals surface area contributed by atoms with E-state index < -0.39 is 0 Å². The van der Waals surface area contributed by atoms with Crippen LogP contribution < -0.4 is 10.1 Å². The third kappa shape index (κ3) is 4.06. The number of ketones is 1. The molecule has 0 saturated carbocycles. The second kappa shape index (κ2) is 7.22. The van der Waals surface area contributed by atoms with Crippen LogP contribution in [0.3, 0.4) is 0 Å². The Morgan fingerprint density at radius 2 is 1.86 bits per heavy atom. The molecule has 4 heteroatoms. The van der Waals surface area contributed by atoms with Gasteiger partial charge in [-0.2, -0.15) is 0 Å². The summed E-state index contributed by atoms with van der Waals surface area (Å²) < 4.78 is 5.36. The zero-order valence-corrected chi connectivity index (χ0v) is 12.3. The quantitative estimate of drug-likeness (QED) is 0.653. The van der Waals surface area contributed by atoms with Crippen molar-refractivity contribution in [2.24, 2.45) is 0 Å². The molecular weight excluding hydrogens is 278 g/mol. The average Bonchev–Trinajstić information content (AvgIpc) is 2.53. The van der Waals surface area contributed by atoms with E-state index >= 15 is 0 Å². The van der Waals surface area contributed by atoms with Gasteiger partial charge >= 0.3 is 0 Å². The zero-order valence-electron chi connectivity index (χ0n) is 12.3. The predicted molar refractivity (Wildman–Crippen MR) is 86.5 cm³/mol. The summed E-state index contributed by atoms with van der Waals surface area (Å²) in [6, 6.07) is 13.7. The molecule has 0 unspecified atom stereocenters. The van der Waals surface area contributed by atoms with Gasteiger partial charge in [-0.1, -0.05) is 24.8 Å². The summed E-state index contributed by atoms with van der Waals surface area (Å²) in [5.74, 6) is 0.394. The molecule has 22 heavy (non-hydrogen) atoms. The zero-order chi connectivity index (χ0) is 15.9. The Hall–Kier alpha value is -2.88. The van der Waals surface area contributed by atoms with Crippen LogP contribution in [-0.2, 0) is 0 Å². The Bertz CT molecular complexity index is 690. The van der Waals surface area contributed by atoms with Gasteiger partial charge in [-0.15, -0.1) is 0 Å². The van der Waals surface area contributed by atoms with Gasteiger partial charge in [0, 0.05) is 16.8 Å². The van der Waals surface area contributed by atoms with Crippen LogP contribution in [0.5, 0.6) is 5.75 Å². The number of carbonyl (C=O) groups is 2. The summed E-state index contributed by atoms with van der Waals surface area (Å²) in [6.07, 6.45) is 1.66. The molecule has 0 bridgehead atoms. The first kappa shape index (κ1) is 15.5. The highest BCUT2D eigenvalue weighted by Gasteiger charge is 2.07. The van der Waals surface area contributed by atoms with Crippen molar-refractivity contribution in [3.8, 4) is 5.75 Å². The number of Topliss-reactive ketones (excluding diaryl/α,β-unsaturated/α-hetero) is 1. The van der Waals surface area contributed by atoms with Crippen molar-refractivity contribution < 1.29 is 14.3 Å². The van der Waals surface area contributed by atoms with Gasteiger partial charge in [-0.3, -0.25) is 9.59 Å². The van der Waals surface area contributed by atoms with Crippen molar-refractivity contribution in [3.05, 3.63) is 72.3 Å². The monoisotopic (exact) mass is 295 g/mol. The number of nitrogens with one attached hydrogen (secondary N) is 1. The van der Waals surface area contributed by atoms with E-state index in [-0.39, 0.29) is 11.7 Å². The molecule has 0 aliphatic carbocycles. The average molecular weight is 295 g/mol. The van der Waals surface area contributed by atoms with Gasteiger partial charge in [-0.05, 0) is 43.3 Å². The summed E-state index contributed by atoms with van der Waals surface area (Å²) in [7, 11) is 0. The molecule has 2 aromatic carbocycles. The fraction of sp³-hybridized carbons (Fsp3) is 0.111. The summed E-state index contributed by atoms with van der Waals surface area (Å²) in [6.45, 7) is 5.48. The van der Waals surface area contributed by atoms with Crippen molar-refractivity contribution in [2.45, 2.75) is 6.92 Å². The maximum atomic E-state index is 12.2. The van der Waals surface area contributed by atoms with E-state index in [0.717, 1.165) is 0 Å². The second-order valence-electron chi connectivity index (χ2n) is 4.72. The number of rotatable bonds is 6. The Labute approximate surface area is 129 Å². The third-order valence-corrected chi connectivity index (χ3v) is 3.01. The first-order chi connectivity index (χ1) is 10.6. The number of ether oxygens (including phenoxy) is 1. The van der Waals surface area contributed by atoms with Crippen LogP contribution in [0.4, 0.5) is 5.69 Å². The molecule has 1 N–H and O–H groups in total. The number of amides is 1. The van der Waals surface area contributed by atoms with Crippen molar-refractivity contribution in [3.63, 3.8) is 0 Å². The van der Waals surface area contributed by atoms with E-state index in [1.807, 2.05) is 0 Å². The smallest absolute Gasteiger partial charge is 0.255 e. The van der Waals surface area contributed by atoms with E-state index in [1.165, 1.54) is 6.92 Å². The molecule has 0 atom stereocenters. The molecule has 0 spiro atoms. The van der Waals surface area contributed by atoms with Gasteiger partial charge in [0.25, 0.3) is 5.91 Å². The molecule has 0 radical (unpaired) electrons. The maximum absolute atomic E-state index is 12.2. The van der Waals surface area contributed by atoms with Crippen LogP contribution >= 0.6 is 0 Å². The lowest BCUT2D eigenvalue weighted by molar-refractivity contribution is 0.101. The molecule has 1 amide bonds. The molecule has 2 rings (SSSR count). The highest BCUT2D eigenvalue weighted by Crippen LogP contribution is 2.15. The molecule has 2 aromatic rings. The fourth-order valence-corrected chi connectivity index (χ4v) is 1.88. The molecule has 0 heterocycles. The molecule has 0 saturated heterocycles. The minimum absolute atomic E-state index is 0.0418. The van der Waals surface area contributed by atoms with Crippen LogP contribution in [0.15, 0.2) is 61.2 Å². The normalized spacial score (nSPS) is 9.86. The molecular formula is C18H17NO3. The Balaban J connectivity index is 2.07. The van der Waals surface area contributed by atoms with Gasteiger partial charge < -0.3 is 10.1 Å². The van der Waals surface area contributed by atoms with Gasteiger partial charge in [0.2, 0.25) is 0 Å². The van der Waals surface area contributed by atoms with Crippen molar-refractivity contribution in [1.29, 1.82) is 0 Å². The van der Waals surface area contributed by atoms with Crippen molar-refractivity contribution >= 4 is 17.4 Å². The molecule has 0 aliphatic heterocycles. The minimum atomic E-state index is -0.240. The van der Waals surface area contributed by atoms with Crippen molar-refractivity contribution in [2.75, 3.05) is 11.9 Å². The van der Waals surface area contributed by atoms with E-state index in [4.69, 9.17) is 4.74 Å². The highest BCUT2D eigenvalue weighted by molar-refractivity contribution is 6.05. The van der Waals surface area contributed by atoms with E-state index in [9.17, 15) is 9.59 Å². The highest BCUT2D eigenvalue weighted by atomic mass is 16.5. The number of anilines is 1. The SMILES string of the molecule is C=CCOc1ccc(C(=O)Nc2cccc(C(C)=O)c2)cc1. The number of hydrogen-bond donors (Lipinski definition) is 1. The number of benzene rings is 2. The van der Waals surface area contributed by atoms with Crippen molar-refractivity contribution in [1.82, 2.24) is 0 Å². The fourth-order valence-electron chi connectivity index (χ4n) is 1.88. The Kier molecular flexibility index (Phi) is 5.09. The van der Waals surface area contributed by atoms with E-state index in [1.54, 1.807) is 54.6 Å². The minimum Gasteiger partial charge on any atom is -0.490 e. The van der Waals surface area contributed by atoms with E-state index in [2.05, 4.69) is 11.9 Å². The molecule has 0 fully saturated rings. The summed E-state index contributed by atoms with van der Waals surface area (Å²) >= 11 is 0. The largest absolute Gasteiger partial charge is 0.490 e. The summed E-state index contributed by atoms with van der Waals surface area (Å²) in [5, 5.41) is 2.77. The van der Waals surface area contributed by atoms with Gasteiger partial charge in [0.05, 0.1) is 0 Å². The summed E-state index contributed by atoms with van der Waals surface area (Å²) in [5.41, 5.74) is 1.66. The lowest BCUT2D eigenvalue weighted by Gasteiger charge is -2.07. The van der Waals surface area contributed by atoms with Gasteiger partial charge in [-0.25, -0.2) is 0 Å². The third-order valence-electron chi connectivity index (χ3n) is 3.01. The first-order valence-corrected chi connectivity index (χ1v) is 6.86. The number of hydrogen-bond acceptors (Lipinski definition) is 3. The number of carbonyl (C=O) groups excluding carboxylic acids is 2. The lowest BCUT2D eigenvalue weighted by Crippen LogP contribution is -2.12. The standard InChI is InChI=1S/C18H17NO3/c1-3-11-22-17-9-7-14(8-10-17)18(21)19-16-6-4-5-15(12-16)13(2)20/h3-10,12H,1,11H2,2H3,(H,19,21). The summed E-state index contributed by atoms with van der Waals surface area (Å²) in [4.78, 5) is 23.5. The maximum Gasteiger partial charge on any atom is 0.255 e. The van der Waals surface area contributed by atoms with Crippen LogP contribution in [0, 0.1) is 0 Å². The Morgan fingerprint density at radius 3 is 2.50 bits per heavy atom. The van der Waals surface area contributed by atoms with Crippen LogP contribution in [0.1, 0.15) is 27.6 Å². The first-order valence-electron chi connectivity index (χ1n) is 6.86. The second-order valence-corrected chi connectivity index (χ2v) is 4.72. The molecule has 0 aliphatic rings. The van der Waals surface area contributed by atoms with Crippen LogP contribution in [-0.4, -0.2) is 18.3 Å².